The van der Waals surface area contributed by atoms with Crippen LogP contribution in [0.3, 0.4) is 0 Å². The third kappa shape index (κ3) is 8.09. The third-order valence-electron chi connectivity index (χ3n) is 5.25. The maximum atomic E-state index is 12.3. The topological polar surface area (TPSA) is 102 Å². The number of carbonyl (C=O) groups excluding carboxylic acids is 1. The van der Waals surface area contributed by atoms with Crippen molar-refractivity contribution in [1.82, 2.24) is 10.6 Å². The molecule has 0 aliphatic rings. The number of hydrogen-bond acceptors (Lipinski definition) is 5. The van der Waals surface area contributed by atoms with Crippen molar-refractivity contribution in [3.8, 4) is 11.5 Å². The second kappa shape index (κ2) is 11.7. The number of carbonyl (C=O) groups is 1. The van der Waals surface area contributed by atoms with E-state index >= 15 is 0 Å². The SMILES string of the molecule is C[C@H](Cc1cccc(CC(=O)NCc2cccc(Cl)c2)c1)NC[C@H](O)c1cc(O)cc(O)c1. The van der Waals surface area contributed by atoms with Crippen LogP contribution in [0.25, 0.3) is 0 Å². The van der Waals surface area contributed by atoms with Gasteiger partial charge in [-0.2, -0.15) is 0 Å². The highest BCUT2D eigenvalue weighted by molar-refractivity contribution is 6.30. The summed E-state index contributed by atoms with van der Waals surface area (Å²) in [6, 6.07) is 19.4. The molecule has 0 radical (unpaired) electrons. The Morgan fingerprint density at radius 1 is 0.939 bits per heavy atom. The molecule has 0 unspecified atom stereocenters. The minimum Gasteiger partial charge on any atom is -0.508 e. The molecule has 33 heavy (non-hydrogen) atoms. The average molecular weight is 469 g/mol. The van der Waals surface area contributed by atoms with Crippen molar-refractivity contribution in [3.05, 3.63) is 94.0 Å². The van der Waals surface area contributed by atoms with E-state index in [-0.39, 0.29) is 36.4 Å². The van der Waals surface area contributed by atoms with Crippen LogP contribution in [0, 0.1) is 0 Å². The number of halogens is 1. The smallest absolute Gasteiger partial charge is 0.224 e. The van der Waals surface area contributed by atoms with Gasteiger partial charge in [0.2, 0.25) is 5.91 Å². The van der Waals surface area contributed by atoms with E-state index < -0.39 is 6.10 Å². The number of aromatic hydroxyl groups is 2. The van der Waals surface area contributed by atoms with Crippen molar-refractivity contribution in [1.29, 1.82) is 0 Å². The van der Waals surface area contributed by atoms with Crippen molar-refractivity contribution >= 4 is 17.5 Å². The molecule has 3 aromatic rings. The fraction of sp³-hybridized carbons (Fsp3) is 0.269. The Bertz CT molecular complexity index is 1070. The van der Waals surface area contributed by atoms with E-state index in [2.05, 4.69) is 10.6 Å². The lowest BCUT2D eigenvalue weighted by Gasteiger charge is -2.18. The zero-order chi connectivity index (χ0) is 23.8. The minimum atomic E-state index is -0.861. The van der Waals surface area contributed by atoms with E-state index in [1.165, 1.54) is 18.2 Å². The summed E-state index contributed by atoms with van der Waals surface area (Å²) in [6.45, 7) is 2.71. The molecule has 7 heteroatoms. The molecule has 0 bridgehead atoms. The summed E-state index contributed by atoms with van der Waals surface area (Å²) in [6.07, 6.45) is 0.145. The van der Waals surface area contributed by atoms with Gasteiger partial charge in [0.05, 0.1) is 12.5 Å². The molecule has 3 aromatic carbocycles. The van der Waals surface area contributed by atoms with Crippen LogP contribution in [-0.2, 0) is 24.2 Å². The van der Waals surface area contributed by atoms with Crippen LogP contribution in [0.1, 0.15) is 35.3 Å². The maximum Gasteiger partial charge on any atom is 0.224 e. The average Bonchev–Trinajstić information content (AvgIpc) is 2.76. The molecule has 5 N–H and O–H groups in total. The van der Waals surface area contributed by atoms with E-state index in [4.69, 9.17) is 11.6 Å². The largest absolute Gasteiger partial charge is 0.508 e. The minimum absolute atomic E-state index is 0.0595. The van der Waals surface area contributed by atoms with Gasteiger partial charge in [-0.3, -0.25) is 4.79 Å². The van der Waals surface area contributed by atoms with Crippen molar-refractivity contribution in [3.63, 3.8) is 0 Å². The molecule has 0 aliphatic heterocycles. The van der Waals surface area contributed by atoms with Crippen molar-refractivity contribution in [2.45, 2.75) is 38.5 Å². The van der Waals surface area contributed by atoms with Crippen LogP contribution in [0.4, 0.5) is 0 Å². The summed E-state index contributed by atoms with van der Waals surface area (Å²) >= 11 is 5.98. The lowest BCUT2D eigenvalue weighted by atomic mass is 10.0. The summed E-state index contributed by atoms with van der Waals surface area (Å²) < 4.78 is 0. The number of hydrogen-bond donors (Lipinski definition) is 5. The van der Waals surface area contributed by atoms with Crippen LogP contribution >= 0.6 is 11.6 Å². The van der Waals surface area contributed by atoms with Gasteiger partial charge in [0, 0.05) is 30.2 Å². The lowest BCUT2D eigenvalue weighted by Crippen LogP contribution is -2.32. The Hall–Kier alpha value is -3.06. The molecule has 3 rings (SSSR count). The highest BCUT2D eigenvalue weighted by Gasteiger charge is 2.12. The molecule has 0 aliphatic carbocycles. The first kappa shape index (κ1) is 24.6. The summed E-state index contributed by atoms with van der Waals surface area (Å²) in [5, 5.41) is 36.3. The van der Waals surface area contributed by atoms with E-state index in [9.17, 15) is 20.1 Å². The number of aliphatic hydroxyl groups excluding tert-OH is 1. The highest BCUT2D eigenvalue weighted by atomic mass is 35.5. The molecule has 6 nitrogen and oxygen atoms in total. The molecule has 1 amide bonds. The zero-order valence-electron chi connectivity index (χ0n) is 18.5. The van der Waals surface area contributed by atoms with Gasteiger partial charge in [0.15, 0.2) is 0 Å². The van der Waals surface area contributed by atoms with Gasteiger partial charge in [0.1, 0.15) is 11.5 Å². The Kier molecular flexibility index (Phi) is 8.72. The molecule has 174 valence electrons. The quantitative estimate of drug-likeness (QED) is 0.311. The zero-order valence-corrected chi connectivity index (χ0v) is 19.2. The second-order valence-corrected chi connectivity index (χ2v) is 8.65. The van der Waals surface area contributed by atoms with E-state index in [1.807, 2.05) is 49.4 Å². The molecular weight excluding hydrogens is 440 g/mol. The van der Waals surface area contributed by atoms with E-state index in [0.717, 1.165) is 23.1 Å². The summed E-state index contributed by atoms with van der Waals surface area (Å²) in [4.78, 5) is 12.3. The number of amides is 1. The predicted octanol–water partition coefficient (Wildman–Crippen LogP) is 3.86. The van der Waals surface area contributed by atoms with Crippen molar-refractivity contribution < 1.29 is 20.1 Å². The van der Waals surface area contributed by atoms with Gasteiger partial charge in [-0.15, -0.1) is 0 Å². The Morgan fingerprint density at radius 3 is 2.33 bits per heavy atom. The predicted molar refractivity (Wildman–Crippen MR) is 129 cm³/mol. The van der Waals surface area contributed by atoms with E-state index in [0.29, 0.717) is 17.1 Å². The molecule has 0 fully saturated rings. The van der Waals surface area contributed by atoms with Crippen LogP contribution < -0.4 is 10.6 Å². The van der Waals surface area contributed by atoms with Crippen LogP contribution in [0.15, 0.2) is 66.7 Å². The first-order chi connectivity index (χ1) is 15.8. The first-order valence-corrected chi connectivity index (χ1v) is 11.2. The number of phenols is 2. The Morgan fingerprint density at radius 2 is 1.61 bits per heavy atom. The Balaban J connectivity index is 1.47. The summed E-state index contributed by atoms with van der Waals surface area (Å²) in [5.41, 5.74) is 3.41. The van der Waals surface area contributed by atoms with Crippen LogP contribution in [0.5, 0.6) is 11.5 Å². The molecule has 2 atom stereocenters. The van der Waals surface area contributed by atoms with Crippen molar-refractivity contribution in [2.75, 3.05) is 6.54 Å². The third-order valence-corrected chi connectivity index (χ3v) is 5.48. The number of aliphatic hydroxyl groups is 1. The second-order valence-electron chi connectivity index (χ2n) is 8.22. The van der Waals surface area contributed by atoms with Crippen molar-refractivity contribution in [2.24, 2.45) is 0 Å². The Labute approximate surface area is 198 Å². The van der Waals surface area contributed by atoms with Gasteiger partial charge in [0.25, 0.3) is 0 Å². The highest BCUT2D eigenvalue weighted by Crippen LogP contribution is 2.24. The molecular formula is C26H29ClN2O4. The summed E-state index contributed by atoms with van der Waals surface area (Å²) in [5.74, 6) is -0.244. The lowest BCUT2D eigenvalue weighted by molar-refractivity contribution is -0.120. The van der Waals surface area contributed by atoms with Crippen LogP contribution in [0.2, 0.25) is 5.02 Å². The first-order valence-electron chi connectivity index (χ1n) is 10.8. The number of nitrogens with one attached hydrogen (secondary N) is 2. The number of rotatable bonds is 10. The number of benzene rings is 3. The maximum absolute atomic E-state index is 12.3. The fourth-order valence-corrected chi connectivity index (χ4v) is 3.84. The molecule has 0 saturated carbocycles. The number of phenolic OH excluding ortho intramolecular Hbond substituents is 2. The standard InChI is InChI=1S/C26H29ClN2O4/c1-17(28-16-25(32)21-12-23(30)14-24(31)13-21)8-18-4-2-5-19(9-18)11-26(33)29-15-20-6-3-7-22(27)10-20/h2-7,9-10,12-14,17,25,28,30-32H,8,11,15-16H2,1H3,(H,29,33)/t17-,25+/m1/s1. The normalized spacial score (nSPS) is 12.8. The molecule has 0 spiro atoms. The van der Waals surface area contributed by atoms with Gasteiger partial charge in [-0.25, -0.2) is 0 Å². The van der Waals surface area contributed by atoms with E-state index in [1.54, 1.807) is 6.07 Å². The van der Waals surface area contributed by atoms with Gasteiger partial charge in [-0.05, 0) is 59.9 Å². The summed E-state index contributed by atoms with van der Waals surface area (Å²) in [7, 11) is 0. The van der Waals surface area contributed by atoms with Gasteiger partial charge >= 0.3 is 0 Å². The van der Waals surface area contributed by atoms with Gasteiger partial charge < -0.3 is 26.0 Å². The van der Waals surface area contributed by atoms with Crippen LogP contribution in [-0.4, -0.2) is 33.8 Å². The molecule has 0 aromatic heterocycles. The molecule has 0 saturated heterocycles. The van der Waals surface area contributed by atoms with Gasteiger partial charge in [-0.1, -0.05) is 48.0 Å². The fourth-order valence-electron chi connectivity index (χ4n) is 3.63. The monoisotopic (exact) mass is 468 g/mol. The molecule has 0 heterocycles.